The van der Waals surface area contributed by atoms with Crippen molar-refractivity contribution in [1.82, 2.24) is 0 Å². The molecule has 3 fully saturated rings. The van der Waals surface area contributed by atoms with Crippen LogP contribution in [0.15, 0.2) is 11.3 Å². The van der Waals surface area contributed by atoms with Crippen molar-refractivity contribution in [3.63, 3.8) is 0 Å². The molecule has 0 bridgehead atoms. The Bertz CT molecular complexity index is 934. The van der Waals surface area contributed by atoms with Crippen LogP contribution in [0.5, 0.6) is 0 Å². The molecule has 0 aromatic heterocycles. The lowest BCUT2D eigenvalue weighted by Gasteiger charge is -2.57. The number of allylic oxidation sites excluding steroid dienone is 1. The van der Waals surface area contributed by atoms with E-state index in [1.165, 1.54) is 24.8 Å². The van der Waals surface area contributed by atoms with Crippen molar-refractivity contribution >= 4 is 0 Å². The van der Waals surface area contributed by atoms with Gasteiger partial charge >= 0.3 is 0 Å². The third kappa shape index (κ3) is 3.55. The van der Waals surface area contributed by atoms with Gasteiger partial charge in [0.05, 0.1) is 11.7 Å². The molecule has 0 aromatic carbocycles. The number of ether oxygens (including phenoxy) is 1. The Morgan fingerprint density at radius 2 is 1.70 bits per heavy atom. The van der Waals surface area contributed by atoms with Crippen LogP contribution in [0.25, 0.3) is 0 Å². The molecule has 0 amide bonds. The van der Waals surface area contributed by atoms with Crippen molar-refractivity contribution in [2.45, 2.75) is 143 Å². The van der Waals surface area contributed by atoms with Crippen molar-refractivity contribution < 1.29 is 25.2 Å². The molecular formula is C32H54O5. The quantitative estimate of drug-likeness (QED) is 0.368. The van der Waals surface area contributed by atoms with Gasteiger partial charge < -0.3 is 25.2 Å². The Morgan fingerprint density at radius 1 is 1.05 bits per heavy atom. The summed E-state index contributed by atoms with van der Waals surface area (Å²) in [5.74, 6) is 2.42. The van der Waals surface area contributed by atoms with Crippen LogP contribution < -0.4 is 0 Å². The highest BCUT2D eigenvalue weighted by Crippen LogP contribution is 2.88. The molecule has 5 rings (SSSR count). The standard InChI is InChI=1S/C32H54O5/c1-9-10-14-31-19(3)32(31)15-13-24(33)28(4,5)22(32)11-12-23(31)30(8)17-20-18(2)16-21(26(34)29(6,7)36)37-25(20)27(30)35/h18-19,21-24,26-27,33-36H,9-17H2,1-8H3/t18-,19+,21-,22+,23+,24+,26-,27+,30-,31+,32-/m1/s1. The molecule has 0 radical (unpaired) electrons. The lowest BCUT2D eigenvalue weighted by Crippen LogP contribution is -2.54. The van der Waals surface area contributed by atoms with Crippen LogP contribution >= 0.6 is 0 Å². The smallest absolute Gasteiger partial charge is 0.128 e. The summed E-state index contributed by atoms with van der Waals surface area (Å²) in [6, 6.07) is 0. The number of hydrogen-bond donors (Lipinski definition) is 4. The maximum Gasteiger partial charge on any atom is 0.128 e. The second-order valence-corrected chi connectivity index (χ2v) is 15.3. The fourth-order valence-corrected chi connectivity index (χ4v) is 10.9. The van der Waals surface area contributed by atoms with E-state index in [9.17, 15) is 20.4 Å². The molecule has 5 nitrogen and oxygen atoms in total. The zero-order valence-corrected chi connectivity index (χ0v) is 24.7. The number of rotatable bonds is 6. The number of hydrogen-bond acceptors (Lipinski definition) is 5. The number of aliphatic hydroxyl groups is 4. The molecule has 212 valence electrons. The van der Waals surface area contributed by atoms with Crippen molar-refractivity contribution in [3.8, 4) is 0 Å². The van der Waals surface area contributed by atoms with Crippen molar-refractivity contribution in [1.29, 1.82) is 0 Å². The van der Waals surface area contributed by atoms with E-state index in [1.807, 2.05) is 0 Å². The summed E-state index contributed by atoms with van der Waals surface area (Å²) in [6.07, 6.45) is 6.89. The highest BCUT2D eigenvalue weighted by atomic mass is 16.5. The average Bonchev–Trinajstić information content (AvgIpc) is 3.24. The molecule has 4 aliphatic carbocycles. The van der Waals surface area contributed by atoms with Gasteiger partial charge in [-0.05, 0) is 104 Å². The average molecular weight is 519 g/mol. The molecular weight excluding hydrogens is 464 g/mol. The maximum absolute atomic E-state index is 12.0. The van der Waals surface area contributed by atoms with E-state index < -0.39 is 23.9 Å². The van der Waals surface area contributed by atoms with E-state index >= 15 is 0 Å². The number of aliphatic hydroxyl groups excluding tert-OH is 3. The number of unbranched alkanes of at least 4 members (excludes halogenated alkanes) is 1. The van der Waals surface area contributed by atoms with Gasteiger partial charge in [-0.15, -0.1) is 0 Å². The van der Waals surface area contributed by atoms with E-state index in [2.05, 4.69) is 41.5 Å². The van der Waals surface area contributed by atoms with Gasteiger partial charge in [0.15, 0.2) is 0 Å². The first-order valence-electron chi connectivity index (χ1n) is 15.3. The molecule has 3 saturated carbocycles. The highest BCUT2D eigenvalue weighted by molar-refractivity contribution is 5.36. The summed E-state index contributed by atoms with van der Waals surface area (Å²) in [4.78, 5) is 0. The van der Waals surface area contributed by atoms with E-state index in [0.717, 1.165) is 32.1 Å². The van der Waals surface area contributed by atoms with Gasteiger partial charge in [-0.1, -0.05) is 54.4 Å². The third-order valence-corrected chi connectivity index (χ3v) is 12.9. The van der Waals surface area contributed by atoms with E-state index in [1.54, 1.807) is 13.8 Å². The van der Waals surface area contributed by atoms with Gasteiger partial charge in [0.25, 0.3) is 0 Å². The van der Waals surface area contributed by atoms with Crippen LogP contribution in [0.2, 0.25) is 0 Å². The van der Waals surface area contributed by atoms with Crippen LogP contribution in [-0.2, 0) is 4.74 Å². The summed E-state index contributed by atoms with van der Waals surface area (Å²) in [5.41, 5.74) is 0.0462. The fourth-order valence-electron chi connectivity index (χ4n) is 10.9. The third-order valence-electron chi connectivity index (χ3n) is 12.9. The van der Waals surface area contributed by atoms with Gasteiger partial charge in [-0.2, -0.15) is 0 Å². The predicted octanol–water partition coefficient (Wildman–Crippen LogP) is 5.59. The molecule has 37 heavy (non-hydrogen) atoms. The fraction of sp³-hybridized carbons (Fsp3) is 0.938. The van der Waals surface area contributed by atoms with E-state index in [-0.39, 0.29) is 33.7 Å². The topological polar surface area (TPSA) is 90.2 Å². The first-order chi connectivity index (χ1) is 17.1. The summed E-state index contributed by atoms with van der Waals surface area (Å²) in [5, 5.41) is 44.4. The lowest BCUT2D eigenvalue weighted by atomic mass is 9.48. The monoisotopic (exact) mass is 518 g/mol. The molecule has 4 N–H and O–H groups in total. The van der Waals surface area contributed by atoms with Crippen LogP contribution in [0, 0.1) is 45.3 Å². The van der Waals surface area contributed by atoms with Crippen molar-refractivity contribution in [2.75, 3.05) is 0 Å². The van der Waals surface area contributed by atoms with Crippen molar-refractivity contribution in [3.05, 3.63) is 11.3 Å². The second-order valence-electron chi connectivity index (χ2n) is 15.3. The van der Waals surface area contributed by atoms with Gasteiger partial charge in [0, 0.05) is 5.41 Å². The molecule has 5 heteroatoms. The SMILES string of the molecule is CCCC[C@@]12[C@H](C)[C@@]13CC[C@H](O)C(C)(C)[C@@H]3CC[C@H]2[C@@]1(C)CC2=C(O[C@@H]([C@@H](O)C(C)(C)O)C[C@H]2C)[C@@H]1O. The molecule has 1 heterocycles. The minimum Gasteiger partial charge on any atom is -0.489 e. The minimum absolute atomic E-state index is 0.0732. The predicted molar refractivity (Wildman–Crippen MR) is 146 cm³/mol. The maximum atomic E-state index is 12.0. The van der Waals surface area contributed by atoms with E-state index in [4.69, 9.17) is 4.74 Å². The summed E-state index contributed by atoms with van der Waals surface area (Å²) in [6.45, 7) is 17.1. The Hall–Kier alpha value is -0.620. The minimum atomic E-state index is -1.26. The highest BCUT2D eigenvalue weighted by Gasteiger charge is 2.83. The Kier molecular flexibility index (Phi) is 6.56. The van der Waals surface area contributed by atoms with Crippen LogP contribution in [0.4, 0.5) is 0 Å². The normalized spacial score (nSPS) is 49.6. The molecule has 1 aliphatic heterocycles. The molecule has 11 atom stereocenters. The largest absolute Gasteiger partial charge is 0.489 e. The summed E-state index contributed by atoms with van der Waals surface area (Å²) < 4.78 is 6.40. The van der Waals surface area contributed by atoms with Crippen LogP contribution in [-0.4, -0.2) is 50.4 Å². The van der Waals surface area contributed by atoms with Gasteiger partial charge in [0.1, 0.15) is 24.1 Å². The zero-order valence-electron chi connectivity index (χ0n) is 24.7. The molecule has 0 saturated heterocycles. The molecule has 1 spiro atoms. The summed E-state index contributed by atoms with van der Waals surface area (Å²) >= 11 is 0. The Balaban J connectivity index is 1.49. The Labute approximate surface area is 225 Å². The molecule has 5 aliphatic rings. The van der Waals surface area contributed by atoms with Gasteiger partial charge in [0.2, 0.25) is 0 Å². The van der Waals surface area contributed by atoms with Crippen LogP contribution in [0.1, 0.15) is 113 Å². The summed E-state index contributed by atoms with van der Waals surface area (Å²) in [7, 11) is 0. The first kappa shape index (κ1) is 27.9. The first-order valence-corrected chi connectivity index (χ1v) is 15.3. The van der Waals surface area contributed by atoms with Crippen molar-refractivity contribution in [2.24, 2.45) is 45.3 Å². The van der Waals surface area contributed by atoms with Gasteiger partial charge in [-0.3, -0.25) is 0 Å². The molecule has 0 aromatic rings. The lowest BCUT2D eigenvalue weighted by molar-refractivity contribution is -0.142. The van der Waals surface area contributed by atoms with E-state index in [0.29, 0.717) is 29.9 Å². The Morgan fingerprint density at radius 3 is 2.32 bits per heavy atom. The van der Waals surface area contributed by atoms with Gasteiger partial charge in [-0.25, -0.2) is 0 Å². The van der Waals surface area contributed by atoms with Crippen LogP contribution in [0.3, 0.4) is 0 Å². The zero-order chi connectivity index (χ0) is 27.3. The molecule has 0 unspecified atom stereocenters. The second kappa shape index (κ2) is 8.69.